The predicted octanol–water partition coefficient (Wildman–Crippen LogP) is 12.2. The van der Waals surface area contributed by atoms with Crippen molar-refractivity contribution in [2.24, 2.45) is 0 Å². The number of allylic oxidation sites excluding steroid dienone is 7. The van der Waals surface area contributed by atoms with Crippen LogP contribution < -0.4 is 5.32 Å². The summed E-state index contributed by atoms with van der Waals surface area (Å²) in [7, 11) is 0. The fraction of sp³-hybridized carbons (Fsp3) is 0.833. The lowest BCUT2D eigenvalue weighted by molar-refractivity contribution is -0.302. The highest BCUT2D eigenvalue weighted by atomic mass is 16.7. The van der Waals surface area contributed by atoms with Gasteiger partial charge in [0.25, 0.3) is 0 Å². The Labute approximate surface area is 386 Å². The van der Waals surface area contributed by atoms with Crippen molar-refractivity contribution in [2.45, 2.75) is 275 Å². The SMILES string of the molecule is CCCCC/C=C/C(O)C(COC1OC(CO)C(O)C(O)C1O)NC(=O)CCCCCCCCCCCCCCCCCCCCCC/C=C\C/C=C\C/C=C\CCCCCCC. The molecule has 1 amide bonds. The third-order valence-corrected chi connectivity index (χ3v) is 12.4. The van der Waals surface area contributed by atoms with Crippen molar-refractivity contribution in [3.8, 4) is 0 Å². The number of amides is 1. The largest absolute Gasteiger partial charge is 0.394 e. The minimum atomic E-state index is -1.56. The van der Waals surface area contributed by atoms with Crippen molar-refractivity contribution in [1.82, 2.24) is 5.32 Å². The van der Waals surface area contributed by atoms with Crippen LogP contribution in [-0.2, 0) is 14.3 Å². The van der Waals surface area contributed by atoms with Crippen molar-refractivity contribution in [3.05, 3.63) is 48.6 Å². The molecule has 7 atom stereocenters. The van der Waals surface area contributed by atoms with Gasteiger partial charge < -0.3 is 40.3 Å². The molecule has 1 aliphatic heterocycles. The number of unbranched alkanes of at least 4 members (excludes halogenated alkanes) is 28. The second kappa shape index (κ2) is 44.0. The molecule has 1 fully saturated rings. The average molecular weight is 890 g/mol. The van der Waals surface area contributed by atoms with Crippen LogP contribution in [0.5, 0.6) is 0 Å². The van der Waals surface area contributed by atoms with E-state index in [-0.39, 0.29) is 12.5 Å². The first-order chi connectivity index (χ1) is 30.8. The van der Waals surface area contributed by atoms with Crippen LogP contribution in [0.15, 0.2) is 48.6 Å². The summed E-state index contributed by atoms with van der Waals surface area (Å²) in [6, 6.07) is -0.800. The molecule has 0 saturated carbocycles. The van der Waals surface area contributed by atoms with Crippen LogP contribution in [0.1, 0.15) is 232 Å². The number of hydrogen-bond acceptors (Lipinski definition) is 8. The number of ether oxygens (including phenoxy) is 2. The molecule has 0 aromatic heterocycles. The smallest absolute Gasteiger partial charge is 0.220 e. The van der Waals surface area contributed by atoms with E-state index in [9.17, 15) is 30.3 Å². The molecule has 63 heavy (non-hydrogen) atoms. The molecule has 1 heterocycles. The lowest BCUT2D eigenvalue weighted by atomic mass is 9.99. The van der Waals surface area contributed by atoms with Crippen molar-refractivity contribution in [2.75, 3.05) is 13.2 Å². The van der Waals surface area contributed by atoms with E-state index in [0.29, 0.717) is 6.42 Å². The molecule has 0 spiro atoms. The minimum Gasteiger partial charge on any atom is -0.394 e. The Morgan fingerprint density at radius 1 is 0.540 bits per heavy atom. The van der Waals surface area contributed by atoms with Crippen LogP contribution in [0, 0.1) is 0 Å². The fourth-order valence-electron chi connectivity index (χ4n) is 8.16. The zero-order valence-corrected chi connectivity index (χ0v) is 40.6. The second-order valence-corrected chi connectivity index (χ2v) is 18.3. The summed E-state index contributed by atoms with van der Waals surface area (Å²) in [5.74, 6) is -0.183. The van der Waals surface area contributed by atoms with Gasteiger partial charge >= 0.3 is 0 Å². The first-order valence-electron chi connectivity index (χ1n) is 26.4. The Morgan fingerprint density at radius 2 is 0.937 bits per heavy atom. The summed E-state index contributed by atoms with van der Waals surface area (Å²) < 4.78 is 11.1. The van der Waals surface area contributed by atoms with E-state index in [1.807, 2.05) is 6.08 Å². The number of carbonyl (C=O) groups excluding carboxylic acids is 1. The Morgan fingerprint density at radius 3 is 1.41 bits per heavy atom. The van der Waals surface area contributed by atoms with Crippen molar-refractivity contribution in [3.63, 3.8) is 0 Å². The predicted molar refractivity (Wildman–Crippen MR) is 263 cm³/mol. The Balaban J connectivity index is 1.99. The summed E-state index contributed by atoms with van der Waals surface area (Å²) >= 11 is 0. The van der Waals surface area contributed by atoms with Crippen LogP contribution in [0.4, 0.5) is 0 Å². The number of hydrogen-bond donors (Lipinski definition) is 6. The van der Waals surface area contributed by atoms with E-state index in [4.69, 9.17) is 9.47 Å². The molecule has 6 N–H and O–H groups in total. The Hall–Kier alpha value is -1.85. The van der Waals surface area contributed by atoms with Crippen LogP contribution >= 0.6 is 0 Å². The van der Waals surface area contributed by atoms with Gasteiger partial charge in [0.05, 0.1) is 25.4 Å². The van der Waals surface area contributed by atoms with Gasteiger partial charge in [0.15, 0.2) is 6.29 Å². The number of aliphatic hydroxyl groups is 5. The molecule has 368 valence electrons. The normalized spacial score (nSPS) is 20.5. The number of aliphatic hydroxyl groups excluding tert-OH is 5. The molecule has 9 nitrogen and oxygen atoms in total. The van der Waals surface area contributed by atoms with Gasteiger partial charge in [-0.3, -0.25) is 4.79 Å². The third kappa shape index (κ3) is 34.2. The first-order valence-corrected chi connectivity index (χ1v) is 26.4. The Bertz CT molecular complexity index is 1130. The highest BCUT2D eigenvalue weighted by Gasteiger charge is 2.44. The van der Waals surface area contributed by atoms with E-state index in [1.165, 1.54) is 154 Å². The topological polar surface area (TPSA) is 149 Å². The lowest BCUT2D eigenvalue weighted by Gasteiger charge is -2.40. The van der Waals surface area contributed by atoms with Gasteiger partial charge in [-0.05, 0) is 57.8 Å². The minimum absolute atomic E-state index is 0.183. The molecular formula is C54H99NO8. The van der Waals surface area contributed by atoms with Gasteiger partial charge in [0.1, 0.15) is 24.4 Å². The summed E-state index contributed by atoms with van der Waals surface area (Å²) in [5.41, 5.74) is 0. The molecule has 1 rings (SSSR count). The molecule has 0 radical (unpaired) electrons. The lowest BCUT2D eigenvalue weighted by Crippen LogP contribution is -2.60. The fourth-order valence-corrected chi connectivity index (χ4v) is 8.16. The second-order valence-electron chi connectivity index (χ2n) is 18.3. The maximum Gasteiger partial charge on any atom is 0.220 e. The first kappa shape index (κ1) is 59.2. The van der Waals surface area contributed by atoms with E-state index in [0.717, 1.165) is 57.8 Å². The van der Waals surface area contributed by atoms with E-state index in [2.05, 4.69) is 55.6 Å². The van der Waals surface area contributed by atoms with Crippen molar-refractivity contribution >= 4 is 5.91 Å². The number of carbonyl (C=O) groups is 1. The van der Waals surface area contributed by atoms with Gasteiger partial charge in [-0.15, -0.1) is 0 Å². The monoisotopic (exact) mass is 890 g/mol. The third-order valence-electron chi connectivity index (χ3n) is 12.4. The van der Waals surface area contributed by atoms with Crippen LogP contribution in [-0.4, -0.2) is 87.5 Å². The highest BCUT2D eigenvalue weighted by molar-refractivity contribution is 5.76. The summed E-state index contributed by atoms with van der Waals surface area (Å²) in [6.45, 7) is 3.65. The maximum absolute atomic E-state index is 12.9. The number of rotatable bonds is 44. The summed E-state index contributed by atoms with van der Waals surface area (Å²) in [4.78, 5) is 12.9. The van der Waals surface area contributed by atoms with Gasteiger partial charge in [0, 0.05) is 6.42 Å². The molecule has 7 unspecified atom stereocenters. The van der Waals surface area contributed by atoms with Crippen LogP contribution in [0.2, 0.25) is 0 Å². The van der Waals surface area contributed by atoms with E-state index in [1.54, 1.807) is 6.08 Å². The molecular weight excluding hydrogens is 791 g/mol. The quantitative estimate of drug-likeness (QED) is 0.0262. The van der Waals surface area contributed by atoms with Gasteiger partial charge in [-0.25, -0.2) is 0 Å². The molecule has 0 aromatic carbocycles. The molecule has 9 heteroatoms. The molecule has 1 saturated heterocycles. The van der Waals surface area contributed by atoms with Gasteiger partial charge in [-0.1, -0.05) is 217 Å². The van der Waals surface area contributed by atoms with E-state index >= 15 is 0 Å². The molecule has 0 bridgehead atoms. The van der Waals surface area contributed by atoms with Crippen LogP contribution in [0.25, 0.3) is 0 Å². The molecule has 0 aliphatic carbocycles. The van der Waals surface area contributed by atoms with Crippen molar-refractivity contribution < 1.29 is 39.8 Å². The Kier molecular flexibility index (Phi) is 41.3. The maximum atomic E-state index is 12.9. The summed E-state index contributed by atoms with van der Waals surface area (Å²) in [6.07, 6.45) is 51.1. The van der Waals surface area contributed by atoms with Crippen LogP contribution in [0.3, 0.4) is 0 Å². The standard InChI is InChI=1S/C54H99NO8/c1-3-5-7-9-10-11-12-13-14-15-16-17-18-19-20-21-22-23-24-25-26-27-28-29-30-31-32-33-34-35-36-37-38-40-42-44-50(58)55-47(48(57)43-41-39-8-6-4-2)46-62-54-53(61)52(60)51(59)49(45-56)63-54/h12-13,15-16,18-19,41,43,47-49,51-54,56-57,59-61H,3-11,14,17,20-40,42,44-46H2,1-2H3,(H,55,58)/b13-12-,16-15-,19-18-,43-41+. The molecule has 0 aromatic rings. The van der Waals surface area contributed by atoms with Gasteiger partial charge in [0.2, 0.25) is 5.91 Å². The average Bonchev–Trinajstić information content (AvgIpc) is 3.28. The summed E-state index contributed by atoms with van der Waals surface area (Å²) in [5, 5.41) is 53.8. The van der Waals surface area contributed by atoms with Crippen molar-refractivity contribution in [1.29, 1.82) is 0 Å². The number of nitrogens with one attached hydrogen (secondary N) is 1. The zero-order chi connectivity index (χ0) is 45.9. The molecule has 1 aliphatic rings. The van der Waals surface area contributed by atoms with Gasteiger partial charge in [-0.2, -0.15) is 0 Å². The highest BCUT2D eigenvalue weighted by Crippen LogP contribution is 2.23. The van der Waals surface area contributed by atoms with E-state index < -0.39 is 49.5 Å². The zero-order valence-electron chi connectivity index (χ0n) is 40.6.